The van der Waals surface area contributed by atoms with E-state index in [4.69, 9.17) is 0 Å². The van der Waals surface area contributed by atoms with Crippen molar-refractivity contribution in [3.63, 3.8) is 0 Å². The number of halogens is 1. The topological polar surface area (TPSA) is 40.5 Å². The van der Waals surface area contributed by atoms with Crippen LogP contribution in [0.15, 0.2) is 18.2 Å². The number of aliphatic carboxylic acids is 1. The number of benzene rings is 1. The van der Waals surface area contributed by atoms with Crippen LogP contribution >= 0.6 is 0 Å². The second kappa shape index (κ2) is 4.73. The van der Waals surface area contributed by atoms with Gasteiger partial charge in [0.25, 0.3) is 0 Å². The molecule has 1 aromatic carbocycles. The molecule has 1 heterocycles. The summed E-state index contributed by atoms with van der Waals surface area (Å²) in [6.45, 7) is 2.58. The standard InChI is InChI=1S/C13H16FNO2/c1-2-11(13(16)17)15-7-3-4-9-8-10(14)5-6-12(9)15/h5-6,8,11H,2-4,7H2,1H3,(H,16,17)/t11-/m1/s1. The molecule has 0 aliphatic carbocycles. The van der Waals surface area contributed by atoms with E-state index in [-0.39, 0.29) is 5.82 Å². The molecule has 1 atom stereocenters. The van der Waals surface area contributed by atoms with Gasteiger partial charge in [0, 0.05) is 12.2 Å². The molecular weight excluding hydrogens is 221 g/mol. The van der Waals surface area contributed by atoms with E-state index >= 15 is 0 Å². The van der Waals surface area contributed by atoms with Gasteiger partial charge in [0.05, 0.1) is 0 Å². The van der Waals surface area contributed by atoms with Gasteiger partial charge in [-0.25, -0.2) is 9.18 Å². The van der Waals surface area contributed by atoms with Gasteiger partial charge in [-0.2, -0.15) is 0 Å². The SMILES string of the molecule is CC[C@H](C(=O)O)N1CCCc2cc(F)ccc21. The summed E-state index contributed by atoms with van der Waals surface area (Å²) < 4.78 is 13.1. The van der Waals surface area contributed by atoms with Crippen LogP contribution in [0.5, 0.6) is 0 Å². The molecule has 0 radical (unpaired) electrons. The van der Waals surface area contributed by atoms with Crippen LogP contribution in [0.4, 0.5) is 10.1 Å². The average Bonchev–Trinajstić information content (AvgIpc) is 2.29. The number of rotatable bonds is 3. The van der Waals surface area contributed by atoms with E-state index in [1.807, 2.05) is 11.8 Å². The number of carboxylic acid groups (broad SMARTS) is 1. The Bertz CT molecular complexity index is 433. The van der Waals surface area contributed by atoms with Crippen molar-refractivity contribution in [1.82, 2.24) is 0 Å². The largest absolute Gasteiger partial charge is 0.480 e. The Morgan fingerprint density at radius 3 is 3.00 bits per heavy atom. The smallest absolute Gasteiger partial charge is 0.326 e. The molecule has 0 saturated carbocycles. The van der Waals surface area contributed by atoms with Crippen molar-refractivity contribution < 1.29 is 14.3 Å². The van der Waals surface area contributed by atoms with Gasteiger partial charge in [-0.15, -0.1) is 0 Å². The van der Waals surface area contributed by atoms with Crippen molar-refractivity contribution >= 4 is 11.7 Å². The summed E-state index contributed by atoms with van der Waals surface area (Å²) in [4.78, 5) is 13.1. The summed E-state index contributed by atoms with van der Waals surface area (Å²) in [5, 5.41) is 9.19. The Hall–Kier alpha value is -1.58. The van der Waals surface area contributed by atoms with Crippen LogP contribution in [-0.4, -0.2) is 23.7 Å². The van der Waals surface area contributed by atoms with Crippen molar-refractivity contribution in [2.24, 2.45) is 0 Å². The maximum Gasteiger partial charge on any atom is 0.326 e. The number of fused-ring (bicyclic) bond motifs is 1. The zero-order valence-electron chi connectivity index (χ0n) is 9.82. The molecule has 0 unspecified atom stereocenters. The lowest BCUT2D eigenvalue weighted by Gasteiger charge is -2.35. The Morgan fingerprint density at radius 2 is 2.35 bits per heavy atom. The highest BCUT2D eigenvalue weighted by atomic mass is 19.1. The number of carbonyl (C=O) groups is 1. The molecule has 4 heteroatoms. The molecule has 0 amide bonds. The van der Waals surface area contributed by atoms with E-state index in [0.717, 1.165) is 30.6 Å². The van der Waals surface area contributed by atoms with Crippen molar-refractivity contribution in [1.29, 1.82) is 0 Å². The van der Waals surface area contributed by atoms with Crippen molar-refractivity contribution in [3.8, 4) is 0 Å². The minimum Gasteiger partial charge on any atom is -0.480 e. The van der Waals surface area contributed by atoms with E-state index in [0.29, 0.717) is 6.42 Å². The molecule has 3 nitrogen and oxygen atoms in total. The maximum atomic E-state index is 13.1. The van der Waals surface area contributed by atoms with Crippen LogP contribution in [0.1, 0.15) is 25.3 Å². The van der Waals surface area contributed by atoms with Gasteiger partial charge in [-0.3, -0.25) is 0 Å². The number of carboxylic acids is 1. The first-order chi connectivity index (χ1) is 8.13. The molecule has 17 heavy (non-hydrogen) atoms. The van der Waals surface area contributed by atoms with Gasteiger partial charge >= 0.3 is 5.97 Å². The van der Waals surface area contributed by atoms with Crippen molar-refractivity contribution in [2.45, 2.75) is 32.2 Å². The van der Waals surface area contributed by atoms with E-state index in [1.165, 1.54) is 12.1 Å². The lowest BCUT2D eigenvalue weighted by molar-refractivity contribution is -0.138. The minimum atomic E-state index is -0.815. The van der Waals surface area contributed by atoms with Crippen LogP contribution < -0.4 is 4.90 Å². The first-order valence-corrected chi connectivity index (χ1v) is 5.91. The van der Waals surface area contributed by atoms with Gasteiger partial charge < -0.3 is 10.0 Å². The summed E-state index contributed by atoms with van der Waals surface area (Å²) in [6.07, 6.45) is 2.24. The third-order valence-corrected chi connectivity index (χ3v) is 3.24. The molecule has 0 aromatic heterocycles. The first-order valence-electron chi connectivity index (χ1n) is 5.91. The molecule has 1 aliphatic rings. The molecule has 1 aromatic rings. The van der Waals surface area contributed by atoms with Crippen LogP contribution in [0.25, 0.3) is 0 Å². The van der Waals surface area contributed by atoms with Gasteiger partial charge in [0.1, 0.15) is 11.9 Å². The third kappa shape index (κ3) is 2.25. The van der Waals surface area contributed by atoms with E-state index < -0.39 is 12.0 Å². The van der Waals surface area contributed by atoms with Crippen LogP contribution in [-0.2, 0) is 11.2 Å². The van der Waals surface area contributed by atoms with Gasteiger partial charge in [-0.1, -0.05) is 6.92 Å². The highest BCUT2D eigenvalue weighted by molar-refractivity contribution is 5.79. The van der Waals surface area contributed by atoms with Crippen molar-refractivity contribution in [2.75, 3.05) is 11.4 Å². The normalized spacial score (nSPS) is 16.5. The molecule has 0 fully saturated rings. The summed E-state index contributed by atoms with van der Waals surface area (Å²) >= 11 is 0. The second-order valence-corrected chi connectivity index (χ2v) is 4.33. The zero-order valence-corrected chi connectivity index (χ0v) is 9.82. The Labute approximate surface area is 99.9 Å². The van der Waals surface area contributed by atoms with E-state index in [9.17, 15) is 14.3 Å². The quantitative estimate of drug-likeness (QED) is 0.877. The molecule has 1 N–H and O–H groups in total. The van der Waals surface area contributed by atoms with E-state index in [2.05, 4.69) is 0 Å². The summed E-state index contributed by atoms with van der Waals surface area (Å²) in [7, 11) is 0. The molecule has 2 rings (SSSR count). The van der Waals surface area contributed by atoms with Crippen LogP contribution in [0, 0.1) is 5.82 Å². The summed E-state index contributed by atoms with van der Waals surface area (Å²) in [6, 6.07) is 4.08. The molecular formula is C13H16FNO2. The Balaban J connectivity index is 2.37. The predicted octanol–water partition coefficient (Wildman–Crippen LogP) is 2.44. The number of anilines is 1. The fraction of sp³-hybridized carbons (Fsp3) is 0.462. The molecule has 1 aliphatic heterocycles. The van der Waals surface area contributed by atoms with Gasteiger partial charge in [0.2, 0.25) is 0 Å². The van der Waals surface area contributed by atoms with Crippen LogP contribution in [0.3, 0.4) is 0 Å². The number of aryl methyl sites for hydroxylation is 1. The summed E-state index contributed by atoms with van der Waals surface area (Å²) in [5.74, 6) is -1.07. The van der Waals surface area contributed by atoms with Gasteiger partial charge in [0.15, 0.2) is 0 Å². The number of hydrogen-bond donors (Lipinski definition) is 1. The van der Waals surface area contributed by atoms with Crippen LogP contribution in [0.2, 0.25) is 0 Å². The third-order valence-electron chi connectivity index (χ3n) is 3.24. The predicted molar refractivity (Wildman–Crippen MR) is 63.8 cm³/mol. The fourth-order valence-corrected chi connectivity index (χ4v) is 2.45. The molecule has 0 saturated heterocycles. The Kier molecular flexibility index (Phi) is 3.31. The highest BCUT2D eigenvalue weighted by Gasteiger charge is 2.27. The first kappa shape index (κ1) is 11.9. The minimum absolute atomic E-state index is 0.256. The summed E-state index contributed by atoms with van der Waals surface area (Å²) in [5.41, 5.74) is 1.78. The van der Waals surface area contributed by atoms with Gasteiger partial charge in [-0.05, 0) is 43.0 Å². The second-order valence-electron chi connectivity index (χ2n) is 4.33. The maximum absolute atomic E-state index is 13.1. The number of nitrogens with zero attached hydrogens (tertiary/aromatic N) is 1. The monoisotopic (exact) mass is 237 g/mol. The van der Waals surface area contributed by atoms with Crippen molar-refractivity contribution in [3.05, 3.63) is 29.6 Å². The fourth-order valence-electron chi connectivity index (χ4n) is 2.45. The molecule has 0 bridgehead atoms. The average molecular weight is 237 g/mol. The zero-order chi connectivity index (χ0) is 12.4. The molecule has 0 spiro atoms. The number of hydrogen-bond acceptors (Lipinski definition) is 2. The highest BCUT2D eigenvalue weighted by Crippen LogP contribution is 2.30. The Morgan fingerprint density at radius 1 is 1.59 bits per heavy atom. The molecule has 92 valence electrons. The lowest BCUT2D eigenvalue weighted by Crippen LogP contribution is -2.43. The van der Waals surface area contributed by atoms with E-state index in [1.54, 1.807) is 6.07 Å². The lowest BCUT2D eigenvalue weighted by atomic mass is 9.99.